The molecule has 0 radical (unpaired) electrons. The fraction of sp³-hybridized carbons (Fsp3) is 0.364. The molecule has 2 heteroatoms. The van der Waals surface area contributed by atoms with Crippen molar-refractivity contribution in [2.75, 3.05) is 0 Å². The molecule has 0 unspecified atom stereocenters. The predicted octanol–water partition coefficient (Wildman–Crippen LogP) is 2.40. The molecule has 2 nitrogen and oxygen atoms in total. The summed E-state index contributed by atoms with van der Waals surface area (Å²) in [5.41, 5.74) is 1.42. The Bertz CT molecular complexity index is 303. The van der Waals surface area contributed by atoms with E-state index in [0.29, 0.717) is 17.8 Å². The largest absolute Gasteiger partial charge is 0.507 e. The van der Waals surface area contributed by atoms with Crippen LogP contribution >= 0.6 is 0 Å². The van der Waals surface area contributed by atoms with Crippen LogP contribution < -0.4 is 0 Å². The lowest BCUT2D eigenvalue weighted by Gasteiger charge is -2.05. The first-order chi connectivity index (χ1) is 6.13. The first kappa shape index (κ1) is 9.78. The number of aromatic hydroxyl groups is 1. The molecular weight excluding hydrogens is 164 g/mol. The zero-order valence-electron chi connectivity index (χ0n) is 7.95. The molecule has 0 aliphatic rings. The molecule has 0 fully saturated rings. The highest BCUT2D eigenvalue weighted by Gasteiger charge is 2.02. The molecule has 0 aliphatic heterocycles. The molecule has 70 valence electrons. The Morgan fingerprint density at radius 1 is 1.46 bits per heavy atom. The second-order valence-corrected chi connectivity index (χ2v) is 3.61. The Balaban J connectivity index is 2.89. The fourth-order valence-electron chi connectivity index (χ4n) is 1.29. The van der Waals surface area contributed by atoms with Gasteiger partial charge in [0.1, 0.15) is 5.75 Å². The van der Waals surface area contributed by atoms with Gasteiger partial charge in [-0.2, -0.15) is 0 Å². The molecule has 0 aromatic heterocycles. The summed E-state index contributed by atoms with van der Waals surface area (Å²) in [5, 5.41) is 9.37. The lowest BCUT2D eigenvalue weighted by atomic mass is 10.0. The van der Waals surface area contributed by atoms with Crippen molar-refractivity contribution in [3.8, 4) is 5.75 Å². The Kier molecular flexibility index (Phi) is 3.07. The molecule has 0 saturated carbocycles. The van der Waals surface area contributed by atoms with E-state index in [1.54, 1.807) is 12.1 Å². The van der Waals surface area contributed by atoms with E-state index in [4.69, 9.17) is 0 Å². The maximum Gasteiger partial charge on any atom is 0.153 e. The number of carbonyl (C=O) groups is 1. The second-order valence-electron chi connectivity index (χ2n) is 3.61. The molecule has 0 bridgehead atoms. The van der Waals surface area contributed by atoms with Crippen molar-refractivity contribution in [1.82, 2.24) is 0 Å². The molecule has 0 aliphatic carbocycles. The van der Waals surface area contributed by atoms with Crippen molar-refractivity contribution in [3.05, 3.63) is 29.3 Å². The average molecular weight is 178 g/mol. The van der Waals surface area contributed by atoms with Crippen LogP contribution in [-0.2, 0) is 6.42 Å². The SMILES string of the molecule is CC(C)Cc1ccc(C=O)c(O)c1. The summed E-state index contributed by atoms with van der Waals surface area (Å²) in [5.74, 6) is 0.634. The van der Waals surface area contributed by atoms with Crippen LogP contribution in [0.3, 0.4) is 0 Å². The summed E-state index contributed by atoms with van der Waals surface area (Å²) < 4.78 is 0. The van der Waals surface area contributed by atoms with Gasteiger partial charge >= 0.3 is 0 Å². The van der Waals surface area contributed by atoms with E-state index >= 15 is 0 Å². The van der Waals surface area contributed by atoms with Gasteiger partial charge in [-0.15, -0.1) is 0 Å². The number of phenolic OH excluding ortho intramolecular Hbond substituents is 1. The van der Waals surface area contributed by atoms with Crippen LogP contribution in [0.2, 0.25) is 0 Å². The first-order valence-corrected chi connectivity index (χ1v) is 4.40. The van der Waals surface area contributed by atoms with Crippen molar-refractivity contribution in [3.63, 3.8) is 0 Å². The van der Waals surface area contributed by atoms with Crippen molar-refractivity contribution >= 4 is 6.29 Å². The number of hydrogen-bond acceptors (Lipinski definition) is 2. The standard InChI is InChI=1S/C11H14O2/c1-8(2)5-9-3-4-10(7-12)11(13)6-9/h3-4,6-8,13H,5H2,1-2H3. The van der Waals surface area contributed by atoms with Gasteiger partial charge in [-0.05, 0) is 30.0 Å². The molecule has 0 heterocycles. The molecule has 13 heavy (non-hydrogen) atoms. The Hall–Kier alpha value is -1.31. The van der Waals surface area contributed by atoms with Crippen molar-refractivity contribution in [2.45, 2.75) is 20.3 Å². The summed E-state index contributed by atoms with van der Waals surface area (Å²) >= 11 is 0. The van der Waals surface area contributed by atoms with E-state index < -0.39 is 0 Å². The third-order valence-corrected chi connectivity index (χ3v) is 1.87. The van der Waals surface area contributed by atoms with Gasteiger partial charge in [0.25, 0.3) is 0 Å². The molecule has 0 saturated heterocycles. The number of benzene rings is 1. The van der Waals surface area contributed by atoms with E-state index in [1.807, 2.05) is 6.07 Å². The minimum atomic E-state index is 0.0770. The van der Waals surface area contributed by atoms with Crippen molar-refractivity contribution in [2.24, 2.45) is 5.92 Å². The van der Waals surface area contributed by atoms with Crippen LogP contribution in [0, 0.1) is 5.92 Å². The maximum atomic E-state index is 10.4. The van der Waals surface area contributed by atoms with Crippen LogP contribution in [0.5, 0.6) is 5.75 Å². The topological polar surface area (TPSA) is 37.3 Å². The molecule has 1 aromatic carbocycles. The van der Waals surface area contributed by atoms with E-state index in [-0.39, 0.29) is 5.75 Å². The quantitative estimate of drug-likeness (QED) is 0.721. The molecule has 1 rings (SSSR count). The predicted molar refractivity (Wildman–Crippen MR) is 52.0 cm³/mol. The smallest absolute Gasteiger partial charge is 0.153 e. The van der Waals surface area contributed by atoms with Gasteiger partial charge < -0.3 is 5.11 Å². The van der Waals surface area contributed by atoms with Crippen LogP contribution in [-0.4, -0.2) is 11.4 Å². The monoisotopic (exact) mass is 178 g/mol. The first-order valence-electron chi connectivity index (χ1n) is 4.40. The fourth-order valence-corrected chi connectivity index (χ4v) is 1.29. The van der Waals surface area contributed by atoms with Gasteiger partial charge in [-0.25, -0.2) is 0 Å². The van der Waals surface area contributed by atoms with Crippen LogP contribution in [0.15, 0.2) is 18.2 Å². The van der Waals surface area contributed by atoms with Crippen LogP contribution in [0.4, 0.5) is 0 Å². The minimum absolute atomic E-state index is 0.0770. The molecule has 1 N–H and O–H groups in total. The lowest BCUT2D eigenvalue weighted by molar-refractivity contribution is 0.112. The van der Waals surface area contributed by atoms with Gasteiger partial charge in [0.05, 0.1) is 5.56 Å². The summed E-state index contributed by atoms with van der Waals surface area (Å²) in [6, 6.07) is 5.19. The number of aldehydes is 1. The van der Waals surface area contributed by atoms with Gasteiger partial charge in [0.2, 0.25) is 0 Å². The lowest BCUT2D eigenvalue weighted by Crippen LogP contribution is -1.94. The highest BCUT2D eigenvalue weighted by molar-refractivity contribution is 5.79. The Morgan fingerprint density at radius 3 is 2.62 bits per heavy atom. The van der Waals surface area contributed by atoms with Gasteiger partial charge in [0, 0.05) is 0 Å². The zero-order valence-corrected chi connectivity index (χ0v) is 7.95. The number of rotatable bonds is 3. The van der Waals surface area contributed by atoms with Gasteiger partial charge in [-0.1, -0.05) is 19.9 Å². The highest BCUT2D eigenvalue weighted by atomic mass is 16.3. The third kappa shape index (κ3) is 2.58. The maximum absolute atomic E-state index is 10.4. The van der Waals surface area contributed by atoms with Crippen molar-refractivity contribution < 1.29 is 9.90 Å². The zero-order chi connectivity index (χ0) is 9.84. The van der Waals surface area contributed by atoms with Crippen LogP contribution in [0.1, 0.15) is 29.8 Å². The van der Waals surface area contributed by atoms with Crippen LogP contribution in [0.25, 0.3) is 0 Å². The molecule has 0 spiro atoms. The van der Waals surface area contributed by atoms with Gasteiger partial charge in [0.15, 0.2) is 6.29 Å². The summed E-state index contributed by atoms with van der Waals surface area (Å²) in [7, 11) is 0. The minimum Gasteiger partial charge on any atom is -0.507 e. The number of carbonyl (C=O) groups excluding carboxylic acids is 1. The summed E-state index contributed by atoms with van der Waals surface area (Å²) in [4.78, 5) is 10.4. The van der Waals surface area contributed by atoms with Crippen molar-refractivity contribution in [1.29, 1.82) is 0 Å². The normalized spacial score (nSPS) is 10.4. The summed E-state index contributed by atoms with van der Waals surface area (Å²) in [6.07, 6.45) is 1.58. The molecule has 0 amide bonds. The number of hydrogen-bond donors (Lipinski definition) is 1. The van der Waals surface area contributed by atoms with Gasteiger partial charge in [-0.3, -0.25) is 4.79 Å². The Labute approximate surface area is 78.2 Å². The van der Waals surface area contributed by atoms with E-state index in [9.17, 15) is 9.90 Å². The van der Waals surface area contributed by atoms with E-state index in [1.165, 1.54) is 0 Å². The van der Waals surface area contributed by atoms with E-state index in [2.05, 4.69) is 13.8 Å². The number of phenols is 1. The third-order valence-electron chi connectivity index (χ3n) is 1.87. The highest BCUT2D eigenvalue weighted by Crippen LogP contribution is 2.18. The Morgan fingerprint density at radius 2 is 2.15 bits per heavy atom. The van der Waals surface area contributed by atoms with E-state index in [0.717, 1.165) is 12.0 Å². The molecule has 1 aromatic rings. The summed E-state index contributed by atoms with van der Waals surface area (Å²) in [6.45, 7) is 4.23. The second kappa shape index (κ2) is 4.08. The molecular formula is C11H14O2. The average Bonchev–Trinajstić information content (AvgIpc) is 2.03. The molecule has 0 atom stereocenters.